The number of halogens is 1. The summed E-state index contributed by atoms with van der Waals surface area (Å²) in [5.74, 6) is 1.91. The first-order valence-electron chi connectivity index (χ1n) is 5.07. The predicted octanol–water partition coefficient (Wildman–Crippen LogP) is 3.01. The molecule has 2 rings (SSSR count). The topological polar surface area (TPSA) is 37.4 Å². The van der Waals surface area contributed by atoms with Crippen LogP contribution in [-0.4, -0.2) is 22.6 Å². The van der Waals surface area contributed by atoms with Crippen LogP contribution in [0.4, 0.5) is 4.79 Å². The average Bonchev–Trinajstić information content (AvgIpc) is 2.60. The second kappa shape index (κ2) is 5.30. The monoisotopic (exact) mass is 277 g/mol. The van der Waals surface area contributed by atoms with Crippen LogP contribution in [0, 0.1) is 12.3 Å². The third-order valence-electron chi connectivity index (χ3n) is 2.31. The van der Waals surface area contributed by atoms with E-state index in [-0.39, 0.29) is 17.7 Å². The van der Waals surface area contributed by atoms with Gasteiger partial charge in [0.05, 0.1) is 11.4 Å². The lowest BCUT2D eigenvalue weighted by molar-refractivity contribution is -0.122. The number of hydrogen-bond donors (Lipinski definition) is 0. The van der Waals surface area contributed by atoms with E-state index in [4.69, 9.17) is 18.0 Å². The largest absolute Gasteiger partial charge is 0.294 e. The molecule has 0 bridgehead atoms. The molecular formula is C13H8ClNO2S. The number of carbonyl (C=O) groups excluding carboxylic acids is 2. The molecular weight excluding hydrogens is 270 g/mol. The fraction of sp³-hybridized carbons (Fsp3) is 0.0769. The Balaban J connectivity index is 2.32. The van der Waals surface area contributed by atoms with Gasteiger partial charge in [-0.25, -0.2) is 0 Å². The smallest absolute Gasteiger partial charge is 0.268 e. The second-order valence-corrected chi connectivity index (χ2v) is 4.89. The van der Waals surface area contributed by atoms with Crippen LogP contribution in [0.15, 0.2) is 29.2 Å². The van der Waals surface area contributed by atoms with Crippen LogP contribution in [0.1, 0.15) is 5.56 Å². The van der Waals surface area contributed by atoms with Gasteiger partial charge in [-0.05, 0) is 29.5 Å². The van der Waals surface area contributed by atoms with Gasteiger partial charge >= 0.3 is 0 Å². The van der Waals surface area contributed by atoms with Crippen molar-refractivity contribution in [2.75, 3.05) is 6.54 Å². The zero-order valence-electron chi connectivity index (χ0n) is 9.22. The summed E-state index contributed by atoms with van der Waals surface area (Å²) in [4.78, 5) is 24.8. The fourth-order valence-corrected chi connectivity index (χ4v) is 2.48. The highest BCUT2D eigenvalue weighted by molar-refractivity contribution is 8.18. The van der Waals surface area contributed by atoms with Crippen molar-refractivity contribution in [1.82, 2.24) is 4.90 Å². The third-order valence-corrected chi connectivity index (χ3v) is 3.57. The number of carbonyl (C=O) groups is 2. The van der Waals surface area contributed by atoms with Crippen molar-refractivity contribution >= 4 is 40.6 Å². The molecule has 1 aliphatic heterocycles. The Bertz CT molecular complexity index is 589. The number of nitrogens with zero attached hydrogens (tertiary/aromatic N) is 1. The molecule has 0 N–H and O–H groups in total. The molecule has 0 saturated carbocycles. The number of rotatable bonds is 2. The van der Waals surface area contributed by atoms with E-state index in [1.165, 1.54) is 0 Å². The molecule has 2 amide bonds. The molecule has 1 aromatic carbocycles. The fourth-order valence-electron chi connectivity index (χ4n) is 1.46. The quantitative estimate of drug-likeness (QED) is 0.616. The summed E-state index contributed by atoms with van der Waals surface area (Å²) in [5, 5.41) is 0.178. The van der Waals surface area contributed by atoms with Gasteiger partial charge in [-0.3, -0.25) is 14.5 Å². The van der Waals surface area contributed by atoms with Crippen LogP contribution < -0.4 is 0 Å². The number of amides is 2. The second-order valence-electron chi connectivity index (χ2n) is 3.49. The first kappa shape index (κ1) is 12.7. The van der Waals surface area contributed by atoms with Gasteiger partial charge in [0.2, 0.25) is 0 Å². The molecule has 5 heteroatoms. The lowest BCUT2D eigenvalue weighted by Crippen LogP contribution is -2.28. The van der Waals surface area contributed by atoms with E-state index < -0.39 is 0 Å². The number of thioether (sulfide) groups is 1. The van der Waals surface area contributed by atoms with Gasteiger partial charge in [-0.15, -0.1) is 6.42 Å². The highest BCUT2D eigenvalue weighted by Gasteiger charge is 2.34. The van der Waals surface area contributed by atoms with Crippen LogP contribution in [0.2, 0.25) is 5.02 Å². The Morgan fingerprint density at radius 1 is 1.39 bits per heavy atom. The Labute approximate surface area is 114 Å². The Morgan fingerprint density at radius 3 is 2.78 bits per heavy atom. The summed E-state index contributed by atoms with van der Waals surface area (Å²) < 4.78 is 0. The minimum absolute atomic E-state index is 0.00940. The molecule has 1 aromatic rings. The predicted molar refractivity (Wildman–Crippen MR) is 73.0 cm³/mol. The van der Waals surface area contributed by atoms with Crippen molar-refractivity contribution in [3.8, 4) is 12.3 Å². The summed E-state index contributed by atoms with van der Waals surface area (Å²) in [6.45, 7) is -0.00940. The van der Waals surface area contributed by atoms with Crippen molar-refractivity contribution in [2.24, 2.45) is 0 Å². The molecule has 0 aliphatic carbocycles. The molecule has 1 heterocycles. The molecule has 0 spiro atoms. The van der Waals surface area contributed by atoms with Crippen LogP contribution in [-0.2, 0) is 4.79 Å². The maximum absolute atomic E-state index is 11.9. The molecule has 0 unspecified atom stereocenters. The zero-order valence-corrected chi connectivity index (χ0v) is 10.8. The zero-order chi connectivity index (χ0) is 13.1. The Hall–Kier alpha value is -1.70. The lowest BCUT2D eigenvalue weighted by Gasteiger charge is -2.06. The average molecular weight is 278 g/mol. The van der Waals surface area contributed by atoms with Crippen LogP contribution >= 0.6 is 23.4 Å². The van der Waals surface area contributed by atoms with Crippen LogP contribution in [0.3, 0.4) is 0 Å². The molecule has 90 valence electrons. The molecule has 0 radical (unpaired) electrons. The van der Waals surface area contributed by atoms with E-state index in [0.29, 0.717) is 15.5 Å². The highest BCUT2D eigenvalue weighted by atomic mass is 35.5. The number of terminal acetylenes is 1. The molecule has 0 atom stereocenters. The highest BCUT2D eigenvalue weighted by Crippen LogP contribution is 2.32. The van der Waals surface area contributed by atoms with Gasteiger partial charge in [0.1, 0.15) is 0 Å². The van der Waals surface area contributed by atoms with Crippen LogP contribution in [0.5, 0.6) is 0 Å². The van der Waals surface area contributed by atoms with Crippen molar-refractivity contribution < 1.29 is 9.59 Å². The van der Waals surface area contributed by atoms with E-state index >= 15 is 0 Å². The maximum Gasteiger partial charge on any atom is 0.294 e. The van der Waals surface area contributed by atoms with E-state index in [0.717, 1.165) is 16.7 Å². The van der Waals surface area contributed by atoms with Crippen molar-refractivity contribution in [2.45, 2.75) is 0 Å². The molecule has 3 nitrogen and oxygen atoms in total. The number of benzene rings is 1. The summed E-state index contributed by atoms with van der Waals surface area (Å²) in [5.41, 5.74) is 0.699. The molecule has 0 aromatic heterocycles. The van der Waals surface area contributed by atoms with Gasteiger partial charge in [0.15, 0.2) is 0 Å². The van der Waals surface area contributed by atoms with Gasteiger partial charge in [-0.1, -0.05) is 35.7 Å². The van der Waals surface area contributed by atoms with Crippen molar-refractivity contribution in [3.05, 3.63) is 39.8 Å². The minimum Gasteiger partial charge on any atom is -0.268 e. The normalized spacial score (nSPS) is 17.3. The minimum atomic E-state index is -0.372. The maximum atomic E-state index is 11.9. The summed E-state index contributed by atoms with van der Waals surface area (Å²) >= 11 is 6.86. The standard InChI is InChI=1S/C13H8ClNO2S/c1-2-7-15-12(16)11(18-13(15)17)8-9-5-3-4-6-10(9)14/h1,3-6,8H,7H2. The molecule has 1 aliphatic rings. The molecule has 18 heavy (non-hydrogen) atoms. The number of imide groups is 1. The van der Waals surface area contributed by atoms with E-state index in [9.17, 15) is 9.59 Å². The number of hydrogen-bond acceptors (Lipinski definition) is 3. The summed E-state index contributed by atoms with van der Waals surface area (Å²) in [7, 11) is 0. The SMILES string of the molecule is C#CCN1C(=O)SC(=Cc2ccccc2Cl)C1=O. The first-order valence-corrected chi connectivity index (χ1v) is 6.26. The van der Waals surface area contributed by atoms with Gasteiger partial charge in [0.25, 0.3) is 11.1 Å². The van der Waals surface area contributed by atoms with Crippen molar-refractivity contribution in [1.29, 1.82) is 0 Å². The molecule has 1 fully saturated rings. The third kappa shape index (κ3) is 2.42. The Morgan fingerprint density at radius 2 is 2.11 bits per heavy atom. The lowest BCUT2D eigenvalue weighted by atomic mass is 10.2. The van der Waals surface area contributed by atoms with Crippen molar-refractivity contribution in [3.63, 3.8) is 0 Å². The summed E-state index contributed by atoms with van der Waals surface area (Å²) in [6.07, 6.45) is 6.71. The summed E-state index contributed by atoms with van der Waals surface area (Å²) in [6, 6.07) is 7.10. The van der Waals surface area contributed by atoms with E-state index in [1.54, 1.807) is 24.3 Å². The van der Waals surface area contributed by atoms with Gasteiger partial charge in [-0.2, -0.15) is 0 Å². The van der Waals surface area contributed by atoms with Gasteiger partial charge < -0.3 is 0 Å². The molecule has 1 saturated heterocycles. The Kier molecular flexibility index (Phi) is 3.75. The van der Waals surface area contributed by atoms with E-state index in [2.05, 4.69) is 5.92 Å². The van der Waals surface area contributed by atoms with Crippen LogP contribution in [0.25, 0.3) is 6.08 Å². The van der Waals surface area contributed by atoms with Gasteiger partial charge in [0, 0.05) is 5.02 Å². The first-order chi connectivity index (χ1) is 8.63. The van der Waals surface area contributed by atoms with E-state index in [1.807, 2.05) is 6.07 Å².